The first-order valence-electron chi connectivity index (χ1n) is 4.50. The number of hydrogen-bond donors (Lipinski definition) is 1. The highest BCUT2D eigenvalue weighted by molar-refractivity contribution is 5.18. The molecule has 1 saturated carbocycles. The Bertz CT molecular complexity index is 266. The zero-order valence-electron chi connectivity index (χ0n) is 7.38. The van der Waals surface area contributed by atoms with Crippen LogP contribution in [0, 0.1) is 6.92 Å². The van der Waals surface area contributed by atoms with Crippen LogP contribution in [0.5, 0.6) is 0 Å². The minimum Gasteiger partial charge on any atom is -0.310 e. The third-order valence-corrected chi connectivity index (χ3v) is 2.27. The van der Waals surface area contributed by atoms with E-state index in [9.17, 15) is 0 Å². The van der Waals surface area contributed by atoms with Crippen molar-refractivity contribution < 1.29 is 0 Å². The zero-order chi connectivity index (χ0) is 8.39. The molecule has 1 heterocycles. The molecular formula is C10H14N2. The van der Waals surface area contributed by atoms with Gasteiger partial charge in [-0.15, -0.1) is 0 Å². The lowest BCUT2D eigenvalue weighted by Crippen LogP contribution is -2.16. The van der Waals surface area contributed by atoms with Crippen molar-refractivity contribution in [1.82, 2.24) is 10.3 Å². The third-order valence-electron chi connectivity index (χ3n) is 2.27. The third kappa shape index (κ3) is 1.83. The largest absolute Gasteiger partial charge is 0.310 e. The molecule has 2 rings (SSSR count). The van der Waals surface area contributed by atoms with E-state index in [-0.39, 0.29) is 0 Å². The maximum Gasteiger partial charge on any atom is 0.0417 e. The molecule has 0 radical (unpaired) electrons. The highest BCUT2D eigenvalue weighted by Crippen LogP contribution is 2.19. The quantitative estimate of drug-likeness (QED) is 0.731. The summed E-state index contributed by atoms with van der Waals surface area (Å²) < 4.78 is 0. The Morgan fingerprint density at radius 2 is 2.42 bits per heavy atom. The van der Waals surface area contributed by atoms with E-state index in [1.165, 1.54) is 18.4 Å². The molecule has 64 valence electrons. The van der Waals surface area contributed by atoms with Crippen LogP contribution < -0.4 is 5.32 Å². The Hall–Kier alpha value is -0.890. The van der Waals surface area contributed by atoms with E-state index in [0.717, 1.165) is 18.3 Å². The number of nitrogens with one attached hydrogen (secondary N) is 1. The minimum atomic E-state index is 0.782. The Labute approximate surface area is 73.0 Å². The zero-order valence-corrected chi connectivity index (χ0v) is 7.38. The van der Waals surface area contributed by atoms with Crippen LogP contribution in [-0.4, -0.2) is 11.0 Å². The molecule has 0 aromatic carbocycles. The number of pyridine rings is 1. The van der Waals surface area contributed by atoms with E-state index in [0.29, 0.717) is 0 Å². The summed E-state index contributed by atoms with van der Waals surface area (Å²) in [6.45, 7) is 3.04. The SMILES string of the molecule is Cc1ncccc1CNC1CC1. The van der Waals surface area contributed by atoms with Crippen molar-refractivity contribution in [2.45, 2.75) is 32.4 Å². The van der Waals surface area contributed by atoms with Crippen LogP contribution in [0.2, 0.25) is 0 Å². The molecule has 0 atom stereocenters. The topological polar surface area (TPSA) is 24.9 Å². The van der Waals surface area contributed by atoms with Gasteiger partial charge in [-0.1, -0.05) is 6.07 Å². The van der Waals surface area contributed by atoms with Crippen LogP contribution >= 0.6 is 0 Å². The van der Waals surface area contributed by atoms with E-state index in [1.807, 2.05) is 12.3 Å². The number of aryl methyl sites for hydroxylation is 1. The normalized spacial score (nSPS) is 16.4. The van der Waals surface area contributed by atoms with Crippen LogP contribution in [0.4, 0.5) is 0 Å². The maximum absolute atomic E-state index is 4.24. The summed E-state index contributed by atoms with van der Waals surface area (Å²) in [4.78, 5) is 4.24. The summed E-state index contributed by atoms with van der Waals surface area (Å²) in [6, 6.07) is 4.92. The molecule has 2 heteroatoms. The average Bonchev–Trinajstić information content (AvgIpc) is 2.86. The number of hydrogen-bond acceptors (Lipinski definition) is 2. The lowest BCUT2D eigenvalue weighted by molar-refractivity contribution is 0.682. The molecule has 1 aromatic heterocycles. The highest BCUT2D eigenvalue weighted by Gasteiger charge is 2.20. The molecule has 0 bridgehead atoms. The van der Waals surface area contributed by atoms with Gasteiger partial charge in [-0.25, -0.2) is 0 Å². The first-order valence-corrected chi connectivity index (χ1v) is 4.50. The molecule has 1 aromatic rings. The van der Waals surface area contributed by atoms with Crippen LogP contribution in [0.3, 0.4) is 0 Å². The molecule has 0 amide bonds. The lowest BCUT2D eigenvalue weighted by atomic mass is 10.2. The fourth-order valence-corrected chi connectivity index (χ4v) is 1.25. The maximum atomic E-state index is 4.24. The summed E-state index contributed by atoms with van der Waals surface area (Å²) in [6.07, 6.45) is 4.54. The van der Waals surface area contributed by atoms with Gasteiger partial charge in [0.25, 0.3) is 0 Å². The average molecular weight is 162 g/mol. The lowest BCUT2D eigenvalue weighted by Gasteiger charge is -2.04. The van der Waals surface area contributed by atoms with Crippen molar-refractivity contribution in [3.8, 4) is 0 Å². The van der Waals surface area contributed by atoms with Crippen LogP contribution in [-0.2, 0) is 6.54 Å². The summed E-state index contributed by atoms with van der Waals surface area (Å²) in [5.74, 6) is 0. The molecular weight excluding hydrogens is 148 g/mol. The van der Waals surface area contributed by atoms with E-state index in [1.54, 1.807) is 0 Å². The molecule has 1 fully saturated rings. The number of nitrogens with zero attached hydrogens (tertiary/aromatic N) is 1. The van der Waals surface area contributed by atoms with E-state index in [2.05, 4.69) is 23.3 Å². The Morgan fingerprint density at radius 3 is 3.08 bits per heavy atom. The molecule has 0 spiro atoms. The second kappa shape index (κ2) is 3.23. The van der Waals surface area contributed by atoms with E-state index < -0.39 is 0 Å². The van der Waals surface area contributed by atoms with E-state index in [4.69, 9.17) is 0 Å². The van der Waals surface area contributed by atoms with Gasteiger partial charge in [0.2, 0.25) is 0 Å². The first-order chi connectivity index (χ1) is 5.86. The van der Waals surface area contributed by atoms with Crippen molar-refractivity contribution in [1.29, 1.82) is 0 Å². The van der Waals surface area contributed by atoms with Gasteiger partial charge in [0.1, 0.15) is 0 Å². The molecule has 1 N–H and O–H groups in total. The monoisotopic (exact) mass is 162 g/mol. The summed E-state index contributed by atoms with van der Waals surface area (Å²) in [5, 5.41) is 3.47. The van der Waals surface area contributed by atoms with Gasteiger partial charge in [0.05, 0.1) is 0 Å². The van der Waals surface area contributed by atoms with Crippen LogP contribution in [0.1, 0.15) is 24.1 Å². The van der Waals surface area contributed by atoms with E-state index >= 15 is 0 Å². The van der Waals surface area contributed by atoms with Crippen molar-refractivity contribution in [3.05, 3.63) is 29.6 Å². The predicted octanol–water partition coefficient (Wildman–Crippen LogP) is 1.64. The van der Waals surface area contributed by atoms with Crippen molar-refractivity contribution >= 4 is 0 Å². The fourth-order valence-electron chi connectivity index (χ4n) is 1.25. The van der Waals surface area contributed by atoms with Gasteiger partial charge in [-0.2, -0.15) is 0 Å². The van der Waals surface area contributed by atoms with Gasteiger partial charge < -0.3 is 5.32 Å². The Balaban J connectivity index is 1.96. The van der Waals surface area contributed by atoms with Crippen LogP contribution in [0.15, 0.2) is 18.3 Å². The minimum absolute atomic E-state index is 0.782. The molecule has 0 unspecified atom stereocenters. The smallest absolute Gasteiger partial charge is 0.0417 e. The molecule has 0 aliphatic heterocycles. The second-order valence-electron chi connectivity index (χ2n) is 3.40. The van der Waals surface area contributed by atoms with Crippen molar-refractivity contribution in [3.63, 3.8) is 0 Å². The Kier molecular flexibility index (Phi) is 2.09. The first kappa shape index (κ1) is 7.74. The molecule has 1 aliphatic carbocycles. The van der Waals surface area contributed by atoms with Gasteiger partial charge in [0.15, 0.2) is 0 Å². The van der Waals surface area contributed by atoms with Gasteiger partial charge in [-0.05, 0) is 31.4 Å². The second-order valence-corrected chi connectivity index (χ2v) is 3.40. The number of rotatable bonds is 3. The standard InChI is InChI=1S/C10H14N2/c1-8-9(3-2-6-11-8)7-12-10-4-5-10/h2-3,6,10,12H,4-5,7H2,1H3. The van der Waals surface area contributed by atoms with Crippen LogP contribution in [0.25, 0.3) is 0 Å². The summed E-state index contributed by atoms with van der Waals surface area (Å²) >= 11 is 0. The predicted molar refractivity (Wildman–Crippen MR) is 48.8 cm³/mol. The number of aromatic nitrogens is 1. The van der Waals surface area contributed by atoms with Gasteiger partial charge in [0, 0.05) is 24.5 Å². The highest BCUT2D eigenvalue weighted by atomic mass is 14.9. The Morgan fingerprint density at radius 1 is 1.58 bits per heavy atom. The van der Waals surface area contributed by atoms with Gasteiger partial charge in [-0.3, -0.25) is 4.98 Å². The fraction of sp³-hybridized carbons (Fsp3) is 0.500. The molecule has 0 saturated heterocycles. The molecule has 2 nitrogen and oxygen atoms in total. The van der Waals surface area contributed by atoms with Crippen molar-refractivity contribution in [2.75, 3.05) is 0 Å². The molecule has 1 aliphatic rings. The van der Waals surface area contributed by atoms with Gasteiger partial charge >= 0.3 is 0 Å². The summed E-state index contributed by atoms with van der Waals surface area (Å²) in [5.41, 5.74) is 2.47. The van der Waals surface area contributed by atoms with Crippen molar-refractivity contribution in [2.24, 2.45) is 0 Å². The summed E-state index contributed by atoms with van der Waals surface area (Å²) in [7, 11) is 0. The molecule has 12 heavy (non-hydrogen) atoms.